The van der Waals surface area contributed by atoms with Gasteiger partial charge in [0.2, 0.25) is 0 Å². The van der Waals surface area contributed by atoms with Crippen molar-refractivity contribution in [3.05, 3.63) is 51.7 Å². The van der Waals surface area contributed by atoms with Crippen LogP contribution in [0.25, 0.3) is 0 Å². The lowest BCUT2D eigenvalue weighted by Gasteiger charge is -2.18. The van der Waals surface area contributed by atoms with Crippen molar-refractivity contribution in [2.24, 2.45) is 0 Å². The highest BCUT2D eigenvalue weighted by Gasteiger charge is 2.12. The van der Waals surface area contributed by atoms with Gasteiger partial charge in [-0.25, -0.2) is 0 Å². The number of amides is 1. The standard InChI is InChI=1S/C15H16N2OS/c18-15(17-9-11-5-7-19-10-11)13-3-4-14-12(8-13)2-1-6-16-14/h3-5,7-8,10,16H,1-2,6,9H2,(H,17,18). The summed E-state index contributed by atoms with van der Waals surface area (Å²) in [6.07, 6.45) is 2.18. The van der Waals surface area contributed by atoms with Crippen LogP contribution in [-0.4, -0.2) is 12.5 Å². The van der Waals surface area contributed by atoms with E-state index in [2.05, 4.69) is 16.0 Å². The summed E-state index contributed by atoms with van der Waals surface area (Å²) in [6.45, 7) is 1.62. The summed E-state index contributed by atoms with van der Waals surface area (Å²) < 4.78 is 0. The summed E-state index contributed by atoms with van der Waals surface area (Å²) >= 11 is 1.65. The van der Waals surface area contributed by atoms with Crippen LogP contribution in [0.2, 0.25) is 0 Å². The van der Waals surface area contributed by atoms with E-state index >= 15 is 0 Å². The Balaban J connectivity index is 1.69. The molecule has 19 heavy (non-hydrogen) atoms. The Kier molecular flexibility index (Phi) is 3.51. The molecule has 0 atom stereocenters. The first-order valence-electron chi connectivity index (χ1n) is 6.49. The molecule has 1 aromatic heterocycles. The SMILES string of the molecule is O=C(NCc1ccsc1)c1ccc2c(c1)CCCN2. The van der Waals surface area contributed by atoms with E-state index in [1.807, 2.05) is 29.6 Å². The zero-order valence-electron chi connectivity index (χ0n) is 10.6. The minimum Gasteiger partial charge on any atom is -0.385 e. The molecule has 2 N–H and O–H groups in total. The van der Waals surface area contributed by atoms with E-state index in [4.69, 9.17) is 0 Å². The van der Waals surface area contributed by atoms with E-state index in [0.29, 0.717) is 6.54 Å². The smallest absolute Gasteiger partial charge is 0.251 e. The van der Waals surface area contributed by atoms with Crippen LogP contribution in [0.15, 0.2) is 35.0 Å². The molecule has 0 aliphatic carbocycles. The van der Waals surface area contributed by atoms with Gasteiger partial charge in [0.25, 0.3) is 5.91 Å². The van der Waals surface area contributed by atoms with Gasteiger partial charge >= 0.3 is 0 Å². The molecule has 3 nitrogen and oxygen atoms in total. The molecule has 0 fully saturated rings. The van der Waals surface area contributed by atoms with Gasteiger partial charge in [0.05, 0.1) is 0 Å². The van der Waals surface area contributed by atoms with Gasteiger partial charge in [0.1, 0.15) is 0 Å². The number of thiophene rings is 1. The fourth-order valence-corrected chi connectivity index (χ4v) is 2.96. The average molecular weight is 272 g/mol. The zero-order chi connectivity index (χ0) is 13.1. The third-order valence-corrected chi connectivity index (χ3v) is 4.07. The molecule has 1 aromatic carbocycles. The van der Waals surface area contributed by atoms with E-state index in [0.717, 1.165) is 30.5 Å². The summed E-state index contributed by atoms with van der Waals surface area (Å²) in [5, 5.41) is 10.4. The summed E-state index contributed by atoms with van der Waals surface area (Å²) in [5.74, 6) is -0.000395. The predicted molar refractivity (Wildman–Crippen MR) is 78.7 cm³/mol. The van der Waals surface area contributed by atoms with Gasteiger partial charge in [-0.1, -0.05) is 0 Å². The molecule has 0 spiro atoms. The second kappa shape index (κ2) is 5.45. The highest BCUT2D eigenvalue weighted by Crippen LogP contribution is 2.22. The first-order valence-corrected chi connectivity index (χ1v) is 7.43. The highest BCUT2D eigenvalue weighted by atomic mass is 32.1. The molecular weight excluding hydrogens is 256 g/mol. The molecule has 2 aromatic rings. The van der Waals surface area contributed by atoms with E-state index < -0.39 is 0 Å². The number of hydrogen-bond donors (Lipinski definition) is 2. The number of hydrogen-bond acceptors (Lipinski definition) is 3. The fraction of sp³-hybridized carbons (Fsp3) is 0.267. The van der Waals surface area contributed by atoms with Gasteiger partial charge in [-0.05, 0) is 59.0 Å². The van der Waals surface area contributed by atoms with Crippen LogP contribution in [0.1, 0.15) is 27.9 Å². The summed E-state index contributed by atoms with van der Waals surface area (Å²) in [7, 11) is 0. The minimum atomic E-state index is -0.000395. The molecule has 0 radical (unpaired) electrons. The van der Waals surface area contributed by atoms with Gasteiger partial charge in [0.15, 0.2) is 0 Å². The Morgan fingerprint density at radius 3 is 3.16 bits per heavy atom. The number of nitrogens with one attached hydrogen (secondary N) is 2. The average Bonchev–Trinajstić information content (AvgIpc) is 2.97. The third kappa shape index (κ3) is 2.79. The predicted octanol–water partition coefficient (Wildman–Crippen LogP) is 3.04. The van der Waals surface area contributed by atoms with Crippen molar-refractivity contribution in [1.82, 2.24) is 5.32 Å². The number of carbonyl (C=O) groups excluding carboxylic acids is 1. The maximum atomic E-state index is 12.1. The first kappa shape index (κ1) is 12.2. The van der Waals surface area contributed by atoms with Crippen molar-refractivity contribution < 1.29 is 4.79 Å². The van der Waals surface area contributed by atoms with Crippen LogP contribution in [0.3, 0.4) is 0 Å². The van der Waals surface area contributed by atoms with Crippen LogP contribution in [0.5, 0.6) is 0 Å². The lowest BCUT2D eigenvalue weighted by atomic mass is 10.0. The number of anilines is 1. The maximum absolute atomic E-state index is 12.1. The van der Waals surface area contributed by atoms with Crippen LogP contribution in [0, 0.1) is 0 Å². The second-order valence-corrected chi connectivity index (χ2v) is 5.50. The molecule has 1 aliphatic rings. The van der Waals surface area contributed by atoms with Crippen LogP contribution in [0.4, 0.5) is 5.69 Å². The van der Waals surface area contributed by atoms with Crippen molar-refractivity contribution in [2.45, 2.75) is 19.4 Å². The van der Waals surface area contributed by atoms with Crippen LogP contribution in [-0.2, 0) is 13.0 Å². The van der Waals surface area contributed by atoms with Crippen molar-refractivity contribution in [3.63, 3.8) is 0 Å². The maximum Gasteiger partial charge on any atom is 0.251 e. The fourth-order valence-electron chi connectivity index (χ4n) is 2.29. The third-order valence-electron chi connectivity index (χ3n) is 3.34. The Hall–Kier alpha value is -1.81. The lowest BCUT2D eigenvalue weighted by molar-refractivity contribution is 0.0951. The number of aryl methyl sites for hydroxylation is 1. The Labute approximate surface area is 116 Å². The molecular formula is C15H16N2OS. The number of fused-ring (bicyclic) bond motifs is 1. The monoisotopic (exact) mass is 272 g/mol. The number of benzene rings is 1. The molecule has 98 valence electrons. The summed E-state index contributed by atoms with van der Waals surface area (Å²) in [4.78, 5) is 12.1. The molecule has 1 aliphatic heterocycles. The van der Waals surface area contributed by atoms with E-state index in [1.54, 1.807) is 11.3 Å². The highest BCUT2D eigenvalue weighted by molar-refractivity contribution is 7.07. The van der Waals surface area contributed by atoms with Crippen molar-refractivity contribution in [2.75, 3.05) is 11.9 Å². The zero-order valence-corrected chi connectivity index (χ0v) is 11.4. The van der Waals surface area contributed by atoms with Crippen molar-refractivity contribution >= 4 is 22.9 Å². The van der Waals surface area contributed by atoms with E-state index in [1.165, 1.54) is 11.3 Å². The molecule has 0 saturated carbocycles. The lowest BCUT2D eigenvalue weighted by Crippen LogP contribution is -2.23. The van der Waals surface area contributed by atoms with Crippen molar-refractivity contribution in [1.29, 1.82) is 0 Å². The minimum absolute atomic E-state index is 0.000395. The molecule has 0 bridgehead atoms. The topological polar surface area (TPSA) is 41.1 Å². The molecule has 2 heterocycles. The van der Waals surface area contributed by atoms with Gasteiger partial charge in [-0.3, -0.25) is 4.79 Å². The van der Waals surface area contributed by atoms with Gasteiger partial charge in [0, 0.05) is 24.3 Å². The number of rotatable bonds is 3. The molecule has 0 saturated heterocycles. The normalized spacial score (nSPS) is 13.5. The van der Waals surface area contributed by atoms with E-state index in [-0.39, 0.29) is 5.91 Å². The summed E-state index contributed by atoms with van der Waals surface area (Å²) in [5.41, 5.74) is 4.31. The molecule has 0 unspecified atom stereocenters. The van der Waals surface area contributed by atoms with Gasteiger partial charge in [-0.2, -0.15) is 11.3 Å². The molecule has 1 amide bonds. The van der Waals surface area contributed by atoms with Gasteiger partial charge in [-0.15, -0.1) is 0 Å². The van der Waals surface area contributed by atoms with Crippen molar-refractivity contribution in [3.8, 4) is 0 Å². The second-order valence-electron chi connectivity index (χ2n) is 4.72. The van der Waals surface area contributed by atoms with Crippen LogP contribution < -0.4 is 10.6 Å². The molecule has 4 heteroatoms. The summed E-state index contributed by atoms with van der Waals surface area (Å²) in [6, 6.07) is 7.93. The van der Waals surface area contributed by atoms with E-state index in [9.17, 15) is 4.79 Å². The quantitative estimate of drug-likeness (QED) is 0.901. The number of carbonyl (C=O) groups is 1. The van der Waals surface area contributed by atoms with Crippen LogP contribution >= 0.6 is 11.3 Å². The molecule has 3 rings (SSSR count). The largest absolute Gasteiger partial charge is 0.385 e. The Morgan fingerprint density at radius 1 is 1.37 bits per heavy atom. The first-order chi connectivity index (χ1) is 9.33. The Morgan fingerprint density at radius 2 is 2.32 bits per heavy atom. The van der Waals surface area contributed by atoms with Gasteiger partial charge < -0.3 is 10.6 Å². The Bertz CT molecular complexity index is 578.